The summed E-state index contributed by atoms with van der Waals surface area (Å²) >= 11 is 6.10. The lowest BCUT2D eigenvalue weighted by Gasteiger charge is -2.16. The van der Waals surface area contributed by atoms with Gasteiger partial charge in [-0.05, 0) is 56.2 Å². The van der Waals surface area contributed by atoms with E-state index in [1.54, 1.807) is 18.2 Å². The predicted octanol–water partition coefficient (Wildman–Crippen LogP) is 4.17. The van der Waals surface area contributed by atoms with E-state index in [1.165, 1.54) is 24.3 Å². The van der Waals surface area contributed by atoms with E-state index < -0.39 is 16.7 Å². The fraction of sp³-hybridized carbons (Fsp3) is 0.273. The third kappa shape index (κ3) is 4.92. The molecule has 0 fully saturated rings. The molecule has 0 spiro atoms. The molecule has 3 rings (SSSR count). The van der Waals surface area contributed by atoms with E-state index in [-0.39, 0.29) is 36.2 Å². The van der Waals surface area contributed by atoms with Gasteiger partial charge in [-0.25, -0.2) is 0 Å². The zero-order chi connectivity index (χ0) is 22.7. The summed E-state index contributed by atoms with van der Waals surface area (Å²) < 4.78 is 5.49. The number of non-ortho nitro benzene ring substituents is 1. The lowest BCUT2D eigenvalue weighted by atomic mass is 10.0. The average molecular weight is 444 g/mol. The Morgan fingerprint density at radius 1 is 1.13 bits per heavy atom. The molecule has 0 aliphatic carbocycles. The number of nitrogens with zero attached hydrogens (tertiary/aromatic N) is 2. The van der Waals surface area contributed by atoms with Crippen molar-refractivity contribution >= 4 is 40.4 Å². The number of nitro benzene ring substituents is 1. The SMILES string of the molecule is Cc1ccc(Cl)cc1NC1=C(c2ccc([N+](=O)[O-])cc2)C(=O)N(CCOC(C)C)C1=O. The molecule has 9 heteroatoms. The molecule has 0 saturated carbocycles. The Morgan fingerprint density at radius 2 is 1.81 bits per heavy atom. The van der Waals surface area contributed by atoms with Crippen LogP contribution in [0.5, 0.6) is 0 Å². The monoisotopic (exact) mass is 443 g/mol. The van der Waals surface area contributed by atoms with Gasteiger partial charge < -0.3 is 10.1 Å². The van der Waals surface area contributed by atoms with E-state index in [0.29, 0.717) is 16.3 Å². The lowest BCUT2D eigenvalue weighted by Crippen LogP contribution is -2.35. The van der Waals surface area contributed by atoms with E-state index >= 15 is 0 Å². The number of hydrogen-bond donors (Lipinski definition) is 1. The third-order valence-electron chi connectivity index (χ3n) is 4.76. The molecule has 1 N–H and O–H groups in total. The molecule has 2 aromatic rings. The van der Waals surface area contributed by atoms with Crippen LogP contribution in [0.1, 0.15) is 25.0 Å². The second-order valence-electron chi connectivity index (χ2n) is 7.32. The molecule has 1 aliphatic heterocycles. The van der Waals surface area contributed by atoms with E-state index in [0.717, 1.165) is 10.5 Å². The van der Waals surface area contributed by atoms with Gasteiger partial charge in [0.1, 0.15) is 5.70 Å². The zero-order valence-corrected chi connectivity index (χ0v) is 18.1. The highest BCUT2D eigenvalue weighted by Gasteiger charge is 2.39. The maximum Gasteiger partial charge on any atom is 0.278 e. The van der Waals surface area contributed by atoms with E-state index in [4.69, 9.17) is 16.3 Å². The van der Waals surface area contributed by atoms with Crippen LogP contribution in [0.2, 0.25) is 5.02 Å². The number of benzene rings is 2. The molecule has 31 heavy (non-hydrogen) atoms. The Morgan fingerprint density at radius 3 is 2.42 bits per heavy atom. The first-order valence-electron chi connectivity index (χ1n) is 9.69. The minimum Gasteiger partial charge on any atom is -0.377 e. The number of ether oxygens (including phenoxy) is 1. The highest BCUT2D eigenvalue weighted by molar-refractivity contribution is 6.36. The highest BCUT2D eigenvalue weighted by Crippen LogP contribution is 2.32. The van der Waals surface area contributed by atoms with Crippen LogP contribution < -0.4 is 5.32 Å². The first kappa shape index (κ1) is 22.5. The zero-order valence-electron chi connectivity index (χ0n) is 17.3. The van der Waals surface area contributed by atoms with Gasteiger partial charge in [0.25, 0.3) is 17.5 Å². The lowest BCUT2D eigenvalue weighted by molar-refractivity contribution is -0.384. The Kier molecular flexibility index (Phi) is 6.72. The van der Waals surface area contributed by atoms with Gasteiger partial charge in [0.15, 0.2) is 0 Å². The minimum absolute atomic E-state index is 0.0402. The van der Waals surface area contributed by atoms with Gasteiger partial charge in [0, 0.05) is 22.8 Å². The molecule has 0 atom stereocenters. The number of imide groups is 1. The van der Waals surface area contributed by atoms with E-state index in [2.05, 4.69) is 5.32 Å². The smallest absolute Gasteiger partial charge is 0.278 e. The summed E-state index contributed by atoms with van der Waals surface area (Å²) in [7, 11) is 0. The molecule has 0 unspecified atom stereocenters. The second kappa shape index (κ2) is 9.28. The van der Waals surface area contributed by atoms with Gasteiger partial charge in [-0.2, -0.15) is 0 Å². The van der Waals surface area contributed by atoms with E-state index in [9.17, 15) is 19.7 Å². The summed E-state index contributed by atoms with van der Waals surface area (Å²) in [6.45, 7) is 5.87. The van der Waals surface area contributed by atoms with Crippen molar-refractivity contribution in [1.82, 2.24) is 4.90 Å². The van der Waals surface area contributed by atoms with E-state index in [1.807, 2.05) is 20.8 Å². The normalized spacial score (nSPS) is 14.0. The Labute approximate surface area is 184 Å². The Hall–Kier alpha value is -3.23. The van der Waals surface area contributed by atoms with Crippen LogP contribution in [0, 0.1) is 17.0 Å². The number of halogens is 1. The van der Waals surface area contributed by atoms with Crippen LogP contribution in [0.3, 0.4) is 0 Å². The Bertz CT molecular complexity index is 1060. The fourth-order valence-corrected chi connectivity index (χ4v) is 3.33. The number of aryl methyl sites for hydroxylation is 1. The van der Waals surface area contributed by atoms with Gasteiger partial charge in [-0.3, -0.25) is 24.6 Å². The molecular weight excluding hydrogens is 422 g/mol. The molecule has 0 saturated heterocycles. The summed E-state index contributed by atoms with van der Waals surface area (Å²) in [6, 6.07) is 10.7. The fourth-order valence-electron chi connectivity index (χ4n) is 3.16. The van der Waals surface area contributed by atoms with Crippen LogP contribution in [-0.4, -0.2) is 40.9 Å². The Balaban J connectivity index is 2.01. The summed E-state index contributed by atoms with van der Waals surface area (Å²) in [5.41, 5.74) is 1.95. The maximum absolute atomic E-state index is 13.2. The van der Waals surface area contributed by atoms with Crippen molar-refractivity contribution in [2.75, 3.05) is 18.5 Å². The molecule has 0 aromatic heterocycles. The number of carbonyl (C=O) groups excluding carboxylic acids is 2. The molecule has 8 nitrogen and oxygen atoms in total. The van der Waals surface area contributed by atoms with Crippen molar-refractivity contribution in [3.8, 4) is 0 Å². The molecule has 2 amide bonds. The molecule has 1 aliphatic rings. The van der Waals surface area contributed by atoms with Gasteiger partial charge in [-0.15, -0.1) is 0 Å². The van der Waals surface area contributed by atoms with Crippen molar-refractivity contribution in [3.63, 3.8) is 0 Å². The summed E-state index contributed by atoms with van der Waals surface area (Å²) in [4.78, 5) is 37.9. The number of amides is 2. The summed E-state index contributed by atoms with van der Waals surface area (Å²) in [5.74, 6) is -0.988. The number of rotatable bonds is 8. The first-order valence-corrected chi connectivity index (χ1v) is 10.1. The van der Waals surface area contributed by atoms with Crippen LogP contribution in [0.4, 0.5) is 11.4 Å². The quantitative estimate of drug-likeness (QED) is 0.373. The van der Waals surface area contributed by atoms with Crippen molar-refractivity contribution in [3.05, 3.63) is 74.4 Å². The molecule has 0 bridgehead atoms. The second-order valence-corrected chi connectivity index (χ2v) is 7.76. The third-order valence-corrected chi connectivity index (χ3v) is 5.00. The molecule has 162 valence electrons. The van der Waals surface area contributed by atoms with Crippen LogP contribution in [0.15, 0.2) is 48.2 Å². The van der Waals surface area contributed by atoms with Crippen LogP contribution in [-0.2, 0) is 14.3 Å². The van der Waals surface area contributed by atoms with Gasteiger partial charge >= 0.3 is 0 Å². The number of anilines is 1. The molecule has 1 heterocycles. The van der Waals surface area contributed by atoms with Gasteiger partial charge in [-0.1, -0.05) is 17.7 Å². The highest BCUT2D eigenvalue weighted by atomic mass is 35.5. The van der Waals surface area contributed by atoms with Gasteiger partial charge in [0.05, 0.1) is 29.8 Å². The van der Waals surface area contributed by atoms with Crippen molar-refractivity contribution in [2.45, 2.75) is 26.9 Å². The van der Waals surface area contributed by atoms with Crippen LogP contribution in [0.25, 0.3) is 5.57 Å². The number of carbonyl (C=O) groups is 2. The standard InChI is InChI=1S/C22H22ClN3O5/c1-13(2)31-11-10-25-21(27)19(15-5-8-17(9-6-15)26(29)30)20(22(25)28)24-18-12-16(23)7-4-14(18)3/h4-9,12-13,24H,10-11H2,1-3H3. The number of nitrogens with one attached hydrogen (secondary N) is 1. The summed E-state index contributed by atoms with van der Waals surface area (Å²) in [6.07, 6.45) is -0.0402. The van der Waals surface area contributed by atoms with Crippen molar-refractivity contribution < 1.29 is 19.2 Å². The topological polar surface area (TPSA) is 102 Å². The molecule has 2 aromatic carbocycles. The maximum atomic E-state index is 13.2. The van der Waals surface area contributed by atoms with Gasteiger partial charge in [0.2, 0.25) is 0 Å². The average Bonchev–Trinajstić information content (AvgIpc) is 2.94. The minimum atomic E-state index is -0.524. The largest absolute Gasteiger partial charge is 0.377 e. The number of hydrogen-bond acceptors (Lipinski definition) is 6. The molecule has 0 radical (unpaired) electrons. The number of nitro groups is 1. The van der Waals surface area contributed by atoms with Crippen molar-refractivity contribution in [2.24, 2.45) is 0 Å². The summed E-state index contributed by atoms with van der Waals surface area (Å²) in [5, 5.41) is 14.5. The van der Waals surface area contributed by atoms with Crippen LogP contribution >= 0.6 is 11.6 Å². The predicted molar refractivity (Wildman–Crippen MR) is 118 cm³/mol. The van der Waals surface area contributed by atoms with Crippen molar-refractivity contribution in [1.29, 1.82) is 0 Å². The first-order chi connectivity index (χ1) is 14.7. The molecular formula is C22H22ClN3O5.